The van der Waals surface area contributed by atoms with Gasteiger partial charge >= 0.3 is 0 Å². The highest BCUT2D eigenvalue weighted by Gasteiger charge is 2.23. The van der Waals surface area contributed by atoms with Crippen LogP contribution in [0.25, 0.3) is 21.3 Å². The van der Waals surface area contributed by atoms with E-state index in [1.165, 1.54) is 0 Å². The molecule has 1 saturated heterocycles. The van der Waals surface area contributed by atoms with E-state index in [0.717, 1.165) is 39.5 Å². The molecular formula is C17H16N4OS. The normalized spacial score (nSPS) is 15.0. The van der Waals surface area contributed by atoms with Gasteiger partial charge in [-0.2, -0.15) is 0 Å². The first kappa shape index (κ1) is 14.1. The minimum absolute atomic E-state index is 0.0390. The first-order valence-corrected chi connectivity index (χ1v) is 8.43. The van der Waals surface area contributed by atoms with E-state index >= 15 is 0 Å². The fourth-order valence-electron chi connectivity index (χ4n) is 2.91. The van der Waals surface area contributed by atoms with Crippen LogP contribution in [0.1, 0.15) is 5.82 Å². The first-order valence-electron chi connectivity index (χ1n) is 7.55. The van der Waals surface area contributed by atoms with Crippen LogP contribution in [0.2, 0.25) is 0 Å². The van der Waals surface area contributed by atoms with Gasteiger partial charge in [-0.25, -0.2) is 9.97 Å². The molecule has 1 N–H and O–H groups in total. The van der Waals surface area contributed by atoms with E-state index in [4.69, 9.17) is 0 Å². The van der Waals surface area contributed by atoms with Crippen molar-refractivity contribution in [3.8, 4) is 11.1 Å². The standard InChI is InChI=1S/C17H16N4OS/c1-11-19-16(21-8-7-18-14(22)9-21)15-13(10-23-17(15)20-11)12-5-3-2-4-6-12/h2-6,10H,7-9H2,1H3,(H,18,22). The van der Waals surface area contributed by atoms with E-state index < -0.39 is 0 Å². The van der Waals surface area contributed by atoms with Crippen molar-refractivity contribution in [2.75, 3.05) is 24.5 Å². The van der Waals surface area contributed by atoms with Crippen LogP contribution in [0.15, 0.2) is 35.7 Å². The highest BCUT2D eigenvalue weighted by Crippen LogP contribution is 2.38. The molecule has 1 aliphatic heterocycles. The second kappa shape index (κ2) is 5.62. The van der Waals surface area contributed by atoms with Crippen LogP contribution in [-0.2, 0) is 4.79 Å². The summed E-state index contributed by atoms with van der Waals surface area (Å²) in [6.45, 7) is 3.65. The van der Waals surface area contributed by atoms with Gasteiger partial charge in [-0.1, -0.05) is 30.3 Å². The Hall–Kier alpha value is -2.47. The summed E-state index contributed by atoms with van der Waals surface area (Å²) < 4.78 is 0. The third kappa shape index (κ3) is 2.55. The SMILES string of the molecule is Cc1nc(N2CCNC(=O)C2)c2c(-c3ccccc3)csc2n1. The van der Waals surface area contributed by atoms with Crippen molar-refractivity contribution in [1.82, 2.24) is 15.3 Å². The number of fused-ring (bicyclic) bond motifs is 1. The number of piperazine rings is 1. The number of hydrogen-bond acceptors (Lipinski definition) is 5. The molecular weight excluding hydrogens is 308 g/mol. The highest BCUT2D eigenvalue weighted by atomic mass is 32.1. The summed E-state index contributed by atoms with van der Waals surface area (Å²) in [5.74, 6) is 1.64. The Kier molecular flexibility index (Phi) is 3.46. The Bertz CT molecular complexity index is 875. The molecule has 4 rings (SSSR count). The Balaban J connectivity index is 1.92. The summed E-state index contributed by atoms with van der Waals surface area (Å²) in [7, 11) is 0. The fraction of sp³-hybridized carbons (Fsp3) is 0.235. The molecule has 0 saturated carbocycles. The molecule has 1 amide bonds. The molecule has 6 heteroatoms. The first-order chi connectivity index (χ1) is 11.2. The summed E-state index contributed by atoms with van der Waals surface area (Å²) >= 11 is 1.62. The van der Waals surface area contributed by atoms with Gasteiger partial charge in [0.25, 0.3) is 0 Å². The van der Waals surface area contributed by atoms with Crippen LogP contribution < -0.4 is 10.2 Å². The van der Waals surface area contributed by atoms with Gasteiger partial charge in [-0.05, 0) is 12.5 Å². The van der Waals surface area contributed by atoms with Gasteiger partial charge in [0.2, 0.25) is 5.91 Å². The van der Waals surface area contributed by atoms with Crippen LogP contribution >= 0.6 is 11.3 Å². The average molecular weight is 324 g/mol. The molecule has 5 nitrogen and oxygen atoms in total. The van der Waals surface area contributed by atoms with Crippen molar-refractivity contribution in [1.29, 1.82) is 0 Å². The van der Waals surface area contributed by atoms with Crippen LogP contribution in [0.3, 0.4) is 0 Å². The van der Waals surface area contributed by atoms with E-state index in [-0.39, 0.29) is 5.91 Å². The maximum atomic E-state index is 11.8. The summed E-state index contributed by atoms with van der Waals surface area (Å²) in [6.07, 6.45) is 0. The van der Waals surface area contributed by atoms with Gasteiger partial charge in [-0.15, -0.1) is 11.3 Å². The fourth-order valence-corrected chi connectivity index (χ4v) is 3.89. The predicted octanol–water partition coefficient (Wildman–Crippen LogP) is 2.60. The number of carbonyl (C=O) groups is 1. The van der Waals surface area contributed by atoms with Crippen LogP contribution in [0.4, 0.5) is 5.82 Å². The molecule has 116 valence electrons. The number of anilines is 1. The molecule has 0 radical (unpaired) electrons. The average Bonchev–Trinajstić information content (AvgIpc) is 2.98. The maximum Gasteiger partial charge on any atom is 0.239 e. The van der Waals surface area contributed by atoms with E-state index in [2.05, 4.69) is 37.7 Å². The molecule has 3 heterocycles. The van der Waals surface area contributed by atoms with Gasteiger partial charge in [0.1, 0.15) is 16.5 Å². The number of rotatable bonds is 2. The van der Waals surface area contributed by atoms with Gasteiger partial charge in [0.05, 0.1) is 11.9 Å². The lowest BCUT2D eigenvalue weighted by Crippen LogP contribution is -2.48. The Labute approximate surface area is 138 Å². The highest BCUT2D eigenvalue weighted by molar-refractivity contribution is 7.17. The largest absolute Gasteiger partial charge is 0.353 e. The Morgan fingerprint density at radius 1 is 1.22 bits per heavy atom. The van der Waals surface area contributed by atoms with Gasteiger partial charge in [0, 0.05) is 24.0 Å². The summed E-state index contributed by atoms with van der Waals surface area (Å²) in [4.78, 5) is 24.0. The third-order valence-electron chi connectivity index (χ3n) is 3.95. The second-order valence-electron chi connectivity index (χ2n) is 5.56. The lowest BCUT2D eigenvalue weighted by atomic mass is 10.1. The number of aryl methyl sites for hydroxylation is 1. The molecule has 0 aliphatic carbocycles. The number of nitrogens with zero attached hydrogens (tertiary/aromatic N) is 3. The molecule has 1 fully saturated rings. The minimum Gasteiger partial charge on any atom is -0.353 e. The van der Waals surface area contributed by atoms with E-state index in [9.17, 15) is 4.79 Å². The van der Waals surface area contributed by atoms with Crippen molar-refractivity contribution < 1.29 is 4.79 Å². The predicted molar refractivity (Wildman–Crippen MR) is 92.8 cm³/mol. The Morgan fingerprint density at radius 3 is 2.83 bits per heavy atom. The molecule has 0 atom stereocenters. The molecule has 0 bridgehead atoms. The minimum atomic E-state index is 0.0390. The lowest BCUT2D eigenvalue weighted by Gasteiger charge is -2.28. The molecule has 0 spiro atoms. The van der Waals surface area contributed by atoms with E-state index in [1.54, 1.807) is 11.3 Å². The van der Waals surface area contributed by atoms with Crippen molar-refractivity contribution in [3.05, 3.63) is 41.5 Å². The van der Waals surface area contributed by atoms with E-state index in [1.807, 2.05) is 25.1 Å². The number of benzene rings is 1. The number of thiophene rings is 1. The number of hydrogen-bond donors (Lipinski definition) is 1. The summed E-state index contributed by atoms with van der Waals surface area (Å²) in [5, 5.41) is 6.03. The number of amides is 1. The smallest absolute Gasteiger partial charge is 0.239 e. The summed E-state index contributed by atoms with van der Waals surface area (Å²) in [6, 6.07) is 10.3. The van der Waals surface area contributed by atoms with Gasteiger partial charge < -0.3 is 10.2 Å². The quantitative estimate of drug-likeness (QED) is 0.787. The number of carbonyl (C=O) groups excluding carboxylic acids is 1. The molecule has 23 heavy (non-hydrogen) atoms. The molecule has 1 aromatic carbocycles. The van der Waals surface area contributed by atoms with Crippen LogP contribution in [0.5, 0.6) is 0 Å². The zero-order valence-electron chi connectivity index (χ0n) is 12.7. The molecule has 1 aliphatic rings. The monoisotopic (exact) mass is 324 g/mol. The van der Waals surface area contributed by atoms with Crippen molar-refractivity contribution in [2.45, 2.75) is 6.92 Å². The van der Waals surface area contributed by atoms with Gasteiger partial charge in [-0.3, -0.25) is 4.79 Å². The zero-order chi connectivity index (χ0) is 15.8. The molecule has 3 aromatic rings. The van der Waals surface area contributed by atoms with Gasteiger partial charge in [0.15, 0.2) is 0 Å². The summed E-state index contributed by atoms with van der Waals surface area (Å²) in [5.41, 5.74) is 2.28. The Morgan fingerprint density at radius 2 is 2.04 bits per heavy atom. The maximum absolute atomic E-state index is 11.8. The lowest BCUT2D eigenvalue weighted by molar-refractivity contribution is -0.120. The van der Waals surface area contributed by atoms with Crippen molar-refractivity contribution >= 4 is 33.3 Å². The molecule has 2 aromatic heterocycles. The topological polar surface area (TPSA) is 58.1 Å². The van der Waals surface area contributed by atoms with Crippen LogP contribution in [0, 0.1) is 6.92 Å². The van der Waals surface area contributed by atoms with Crippen molar-refractivity contribution in [3.63, 3.8) is 0 Å². The second-order valence-corrected chi connectivity index (χ2v) is 6.42. The van der Waals surface area contributed by atoms with Crippen LogP contribution in [-0.4, -0.2) is 35.5 Å². The number of aromatic nitrogens is 2. The molecule has 0 unspecified atom stereocenters. The zero-order valence-corrected chi connectivity index (χ0v) is 13.6. The van der Waals surface area contributed by atoms with E-state index in [0.29, 0.717) is 13.1 Å². The number of nitrogens with one attached hydrogen (secondary N) is 1. The van der Waals surface area contributed by atoms with Crippen molar-refractivity contribution in [2.24, 2.45) is 0 Å². The third-order valence-corrected chi connectivity index (χ3v) is 4.82.